The minimum atomic E-state index is -0.297. The van der Waals surface area contributed by atoms with Gasteiger partial charge in [0.1, 0.15) is 6.10 Å². The van der Waals surface area contributed by atoms with Crippen molar-refractivity contribution in [1.29, 1.82) is 0 Å². The van der Waals surface area contributed by atoms with Crippen LogP contribution in [0.1, 0.15) is 40.5 Å². The van der Waals surface area contributed by atoms with Crippen molar-refractivity contribution in [2.45, 2.75) is 58.3 Å². The molecule has 0 saturated carbocycles. The quantitative estimate of drug-likeness (QED) is 0.771. The van der Waals surface area contributed by atoms with Crippen molar-refractivity contribution in [3.63, 3.8) is 0 Å². The zero-order chi connectivity index (χ0) is 15.5. The third kappa shape index (κ3) is 4.18. The van der Waals surface area contributed by atoms with Crippen molar-refractivity contribution in [3.8, 4) is 0 Å². The van der Waals surface area contributed by atoms with E-state index in [1.54, 1.807) is 0 Å². The smallest absolute Gasteiger partial charge is 0.251 e. The van der Waals surface area contributed by atoms with Crippen LogP contribution in [0, 0.1) is 0 Å². The normalized spacial score (nSPS) is 26.8. The van der Waals surface area contributed by atoms with E-state index in [1.807, 2.05) is 18.7 Å². The summed E-state index contributed by atoms with van der Waals surface area (Å²) in [6, 6.07) is 0. The first kappa shape index (κ1) is 16.7. The third-order valence-electron chi connectivity index (χ3n) is 4.57. The van der Waals surface area contributed by atoms with Crippen LogP contribution in [0.4, 0.5) is 0 Å². The van der Waals surface area contributed by atoms with E-state index in [-0.39, 0.29) is 17.6 Å². The molecule has 2 saturated heterocycles. The second-order valence-electron chi connectivity index (χ2n) is 6.56. The molecule has 1 atom stereocenters. The van der Waals surface area contributed by atoms with Crippen LogP contribution in [-0.2, 0) is 14.3 Å². The lowest BCUT2D eigenvalue weighted by Gasteiger charge is -2.48. The number of carbonyl (C=O) groups is 1. The predicted octanol–water partition coefficient (Wildman–Crippen LogP) is 1.51. The maximum absolute atomic E-state index is 12.0. The number of likely N-dealkylation sites (N-methyl/N-ethyl adjacent to an activating group) is 1. The molecule has 0 bridgehead atoms. The molecule has 0 aliphatic carbocycles. The number of likely N-dealkylation sites (tertiary alicyclic amines) is 1. The van der Waals surface area contributed by atoms with E-state index >= 15 is 0 Å². The second-order valence-corrected chi connectivity index (χ2v) is 6.56. The standard InChI is InChI=1S/C16H30N2O3/c1-5-18-12-16(21-14(4)15(18)19)6-8-17(9-7-16)10-11-20-13(2)3/h13-14H,5-12H2,1-4H3/t14-/m0/s1. The summed E-state index contributed by atoms with van der Waals surface area (Å²) in [4.78, 5) is 16.4. The molecule has 1 spiro atoms. The fraction of sp³-hybridized carbons (Fsp3) is 0.938. The van der Waals surface area contributed by atoms with Gasteiger partial charge in [0.15, 0.2) is 0 Å². The number of hydrogen-bond acceptors (Lipinski definition) is 4. The summed E-state index contributed by atoms with van der Waals surface area (Å²) >= 11 is 0. The zero-order valence-corrected chi connectivity index (χ0v) is 13.9. The van der Waals surface area contributed by atoms with Gasteiger partial charge in [0, 0.05) is 32.7 Å². The molecule has 0 N–H and O–H groups in total. The number of rotatable bonds is 5. The number of amides is 1. The Morgan fingerprint density at radius 2 is 2.05 bits per heavy atom. The minimum Gasteiger partial charge on any atom is -0.377 e. The largest absolute Gasteiger partial charge is 0.377 e. The van der Waals surface area contributed by atoms with Crippen LogP contribution in [0.3, 0.4) is 0 Å². The van der Waals surface area contributed by atoms with Crippen molar-refractivity contribution in [2.24, 2.45) is 0 Å². The van der Waals surface area contributed by atoms with Gasteiger partial charge < -0.3 is 19.3 Å². The molecule has 0 aromatic heterocycles. The second kappa shape index (κ2) is 7.07. The first-order chi connectivity index (χ1) is 9.96. The fourth-order valence-electron chi connectivity index (χ4n) is 3.29. The average molecular weight is 298 g/mol. The molecule has 0 radical (unpaired) electrons. The Balaban J connectivity index is 1.83. The summed E-state index contributed by atoms with van der Waals surface area (Å²) in [5.41, 5.74) is -0.126. The minimum absolute atomic E-state index is 0.126. The Bertz CT molecular complexity index is 351. The number of nitrogens with zero attached hydrogens (tertiary/aromatic N) is 2. The van der Waals surface area contributed by atoms with Crippen LogP contribution in [0.25, 0.3) is 0 Å². The summed E-state index contributed by atoms with van der Waals surface area (Å²) in [7, 11) is 0. The maximum Gasteiger partial charge on any atom is 0.251 e. The number of ether oxygens (including phenoxy) is 2. The van der Waals surface area contributed by atoms with Gasteiger partial charge in [-0.25, -0.2) is 0 Å². The van der Waals surface area contributed by atoms with Gasteiger partial charge in [0.05, 0.1) is 18.3 Å². The molecule has 2 aliphatic rings. The van der Waals surface area contributed by atoms with E-state index in [2.05, 4.69) is 18.7 Å². The molecule has 2 fully saturated rings. The molecular weight excluding hydrogens is 268 g/mol. The van der Waals surface area contributed by atoms with E-state index in [1.165, 1.54) is 0 Å². The molecule has 2 heterocycles. The Morgan fingerprint density at radius 1 is 1.38 bits per heavy atom. The van der Waals surface area contributed by atoms with Crippen LogP contribution >= 0.6 is 0 Å². The van der Waals surface area contributed by atoms with E-state index in [9.17, 15) is 4.79 Å². The van der Waals surface area contributed by atoms with Gasteiger partial charge in [-0.2, -0.15) is 0 Å². The van der Waals surface area contributed by atoms with Crippen LogP contribution in [0.15, 0.2) is 0 Å². The zero-order valence-electron chi connectivity index (χ0n) is 13.9. The number of carbonyl (C=O) groups excluding carboxylic acids is 1. The molecule has 0 unspecified atom stereocenters. The van der Waals surface area contributed by atoms with Crippen molar-refractivity contribution in [3.05, 3.63) is 0 Å². The fourth-order valence-corrected chi connectivity index (χ4v) is 3.29. The molecule has 21 heavy (non-hydrogen) atoms. The van der Waals surface area contributed by atoms with Crippen LogP contribution in [-0.4, -0.2) is 72.8 Å². The van der Waals surface area contributed by atoms with E-state index in [4.69, 9.17) is 9.47 Å². The Hall–Kier alpha value is -0.650. The Labute approximate surface area is 128 Å². The molecule has 5 heteroatoms. The van der Waals surface area contributed by atoms with E-state index < -0.39 is 0 Å². The van der Waals surface area contributed by atoms with Gasteiger partial charge in [-0.15, -0.1) is 0 Å². The molecule has 0 aromatic rings. The molecular formula is C16H30N2O3. The molecule has 1 amide bonds. The highest BCUT2D eigenvalue weighted by Gasteiger charge is 2.44. The number of hydrogen-bond donors (Lipinski definition) is 0. The lowest BCUT2D eigenvalue weighted by atomic mass is 9.88. The monoisotopic (exact) mass is 298 g/mol. The topological polar surface area (TPSA) is 42.0 Å². The molecule has 0 aromatic carbocycles. The van der Waals surface area contributed by atoms with Crippen LogP contribution in [0.2, 0.25) is 0 Å². The number of piperidine rings is 1. The first-order valence-electron chi connectivity index (χ1n) is 8.26. The highest BCUT2D eigenvalue weighted by Crippen LogP contribution is 2.32. The molecule has 2 rings (SSSR count). The van der Waals surface area contributed by atoms with Gasteiger partial charge in [-0.05, 0) is 40.5 Å². The average Bonchev–Trinajstić information content (AvgIpc) is 2.45. The third-order valence-corrected chi connectivity index (χ3v) is 4.57. The van der Waals surface area contributed by atoms with Crippen LogP contribution in [0.5, 0.6) is 0 Å². The highest BCUT2D eigenvalue weighted by molar-refractivity contribution is 5.81. The SMILES string of the molecule is CCN1CC2(CCN(CCOC(C)C)CC2)O[C@@H](C)C1=O. The molecule has 5 nitrogen and oxygen atoms in total. The molecule has 2 aliphatic heterocycles. The Morgan fingerprint density at radius 3 is 2.62 bits per heavy atom. The lowest BCUT2D eigenvalue weighted by Crippen LogP contribution is -2.61. The molecule has 122 valence electrons. The van der Waals surface area contributed by atoms with Crippen molar-refractivity contribution < 1.29 is 14.3 Å². The Kier molecular flexibility index (Phi) is 5.63. The summed E-state index contributed by atoms with van der Waals surface area (Å²) < 4.78 is 11.7. The summed E-state index contributed by atoms with van der Waals surface area (Å²) in [5, 5.41) is 0. The van der Waals surface area contributed by atoms with Gasteiger partial charge in [-0.3, -0.25) is 4.79 Å². The van der Waals surface area contributed by atoms with Gasteiger partial charge in [0.25, 0.3) is 5.91 Å². The van der Waals surface area contributed by atoms with Crippen molar-refractivity contribution in [1.82, 2.24) is 9.80 Å². The van der Waals surface area contributed by atoms with E-state index in [0.717, 1.165) is 52.2 Å². The van der Waals surface area contributed by atoms with Gasteiger partial charge in [0.2, 0.25) is 0 Å². The van der Waals surface area contributed by atoms with Crippen LogP contribution < -0.4 is 0 Å². The summed E-state index contributed by atoms with van der Waals surface area (Å²) in [6.07, 6.45) is 2.01. The van der Waals surface area contributed by atoms with E-state index in [0.29, 0.717) is 6.10 Å². The maximum atomic E-state index is 12.0. The summed E-state index contributed by atoms with van der Waals surface area (Å²) in [5.74, 6) is 0.135. The van der Waals surface area contributed by atoms with Crippen molar-refractivity contribution >= 4 is 5.91 Å². The van der Waals surface area contributed by atoms with Gasteiger partial charge in [-0.1, -0.05) is 0 Å². The lowest BCUT2D eigenvalue weighted by molar-refractivity contribution is -0.189. The first-order valence-corrected chi connectivity index (χ1v) is 8.26. The van der Waals surface area contributed by atoms with Gasteiger partial charge >= 0.3 is 0 Å². The number of morpholine rings is 1. The predicted molar refractivity (Wildman–Crippen MR) is 82.3 cm³/mol. The van der Waals surface area contributed by atoms with Crippen molar-refractivity contribution in [2.75, 3.05) is 39.3 Å². The summed E-state index contributed by atoms with van der Waals surface area (Å²) in [6.45, 7) is 13.4. The highest BCUT2D eigenvalue weighted by atomic mass is 16.5.